The average molecular weight is 786 g/mol. The number of hydrogen-bond acceptors (Lipinski definition) is 7. The van der Waals surface area contributed by atoms with Crippen LogP contribution in [0.15, 0.2) is 60.8 Å². The lowest BCUT2D eigenvalue weighted by molar-refractivity contribution is -0.138. The van der Waals surface area contributed by atoms with Gasteiger partial charge >= 0.3 is 6.09 Å². The summed E-state index contributed by atoms with van der Waals surface area (Å²) in [4.78, 5) is 61.0. The quantitative estimate of drug-likeness (QED) is 0.137. The van der Waals surface area contributed by atoms with Crippen LogP contribution in [-0.4, -0.2) is 86.6 Å². The molecule has 12 heteroatoms. The van der Waals surface area contributed by atoms with E-state index in [-0.39, 0.29) is 53.1 Å². The van der Waals surface area contributed by atoms with E-state index in [2.05, 4.69) is 82.6 Å². The number of carbonyl (C=O) groups excluding carboxylic acids is 3. The van der Waals surface area contributed by atoms with Crippen molar-refractivity contribution >= 4 is 39.7 Å². The number of fused-ring (bicyclic) bond motifs is 4. The molecule has 5 aromatic rings. The van der Waals surface area contributed by atoms with Gasteiger partial charge in [-0.3, -0.25) is 9.59 Å². The fourth-order valence-corrected chi connectivity index (χ4v) is 9.81. The van der Waals surface area contributed by atoms with E-state index in [4.69, 9.17) is 19.4 Å². The summed E-state index contributed by atoms with van der Waals surface area (Å²) in [5.41, 5.74) is 5.97. The van der Waals surface area contributed by atoms with Gasteiger partial charge in [0.15, 0.2) is 0 Å². The van der Waals surface area contributed by atoms with Gasteiger partial charge in [-0.15, -0.1) is 0 Å². The number of rotatable bonds is 9. The van der Waals surface area contributed by atoms with E-state index >= 15 is 0 Å². The molecule has 7 atom stereocenters. The van der Waals surface area contributed by atoms with Crippen LogP contribution in [0.5, 0.6) is 0 Å². The first-order valence-electron chi connectivity index (χ1n) is 21.1. The van der Waals surface area contributed by atoms with E-state index in [9.17, 15) is 14.4 Å². The van der Waals surface area contributed by atoms with Crippen molar-refractivity contribution in [3.8, 4) is 22.4 Å². The van der Waals surface area contributed by atoms with Gasteiger partial charge < -0.3 is 34.6 Å². The van der Waals surface area contributed by atoms with Crippen molar-refractivity contribution in [3.63, 3.8) is 0 Å². The number of aromatic nitrogens is 4. The smallest absolute Gasteiger partial charge is 0.407 e. The lowest BCUT2D eigenvalue weighted by Crippen LogP contribution is -2.52. The number of imidazole rings is 2. The first-order chi connectivity index (χ1) is 27.9. The number of benzene rings is 3. The highest BCUT2D eigenvalue weighted by Gasteiger charge is 2.56. The van der Waals surface area contributed by atoms with Crippen LogP contribution in [0.3, 0.4) is 0 Å². The molecule has 12 nitrogen and oxygen atoms in total. The number of hydrogen-bond donors (Lipinski definition) is 3. The predicted octanol–water partition coefficient (Wildman–Crippen LogP) is 8.18. The number of alkyl carbamates (subject to hydrolysis) is 1. The summed E-state index contributed by atoms with van der Waals surface area (Å²) in [5.74, 6) is 2.29. The van der Waals surface area contributed by atoms with Crippen molar-refractivity contribution in [1.29, 1.82) is 0 Å². The molecule has 3 amide bonds. The van der Waals surface area contributed by atoms with Crippen molar-refractivity contribution in [2.45, 2.75) is 90.9 Å². The SMILES string of the molecule is COC(=O)N[C@H](C(=O)N1[C@H](c2nc3ccc4cc(-c5ccc(-c6cnc([C@@H]7C[C@@]8(CCCOC8)CN7C(=O)[C@@H](C)C(C)C)[nH]6)cc5)ccc4c3[nH]2)C[C@@H]2C[C@@H]21)C(C)C. The molecule has 1 saturated carbocycles. The number of H-pyrrole nitrogens is 2. The molecule has 0 bridgehead atoms. The Morgan fingerprint density at radius 2 is 1.67 bits per heavy atom. The molecule has 4 aliphatic rings. The maximum absolute atomic E-state index is 13.9. The monoisotopic (exact) mass is 785 g/mol. The van der Waals surface area contributed by atoms with Gasteiger partial charge in [0.1, 0.15) is 17.7 Å². The molecule has 1 spiro atoms. The van der Waals surface area contributed by atoms with Crippen LogP contribution in [0, 0.1) is 29.1 Å². The Morgan fingerprint density at radius 1 is 0.897 bits per heavy atom. The minimum Gasteiger partial charge on any atom is -0.453 e. The van der Waals surface area contributed by atoms with Gasteiger partial charge in [0.05, 0.1) is 48.7 Å². The molecule has 5 heterocycles. The molecule has 304 valence electrons. The molecule has 1 aliphatic carbocycles. The van der Waals surface area contributed by atoms with E-state index in [1.807, 2.05) is 37.9 Å². The van der Waals surface area contributed by atoms with Gasteiger partial charge in [0, 0.05) is 35.9 Å². The van der Waals surface area contributed by atoms with Gasteiger partial charge in [-0.1, -0.05) is 77.1 Å². The fourth-order valence-electron chi connectivity index (χ4n) is 9.81. The minimum absolute atomic E-state index is 0.0179. The lowest BCUT2D eigenvalue weighted by atomic mass is 9.80. The highest BCUT2D eigenvalue weighted by molar-refractivity contribution is 6.05. The Kier molecular flexibility index (Phi) is 9.81. The largest absolute Gasteiger partial charge is 0.453 e. The molecule has 3 N–H and O–H groups in total. The maximum atomic E-state index is 13.9. The molecule has 0 radical (unpaired) electrons. The average Bonchev–Trinajstić information content (AvgIpc) is 3.66. The molecular weight excluding hydrogens is 731 g/mol. The number of carbonyl (C=O) groups is 3. The summed E-state index contributed by atoms with van der Waals surface area (Å²) in [6.07, 6.45) is 6.08. The summed E-state index contributed by atoms with van der Waals surface area (Å²) in [6.45, 7) is 12.3. The molecule has 4 fully saturated rings. The number of aromatic amines is 2. The van der Waals surface area contributed by atoms with Crippen molar-refractivity contribution in [1.82, 2.24) is 35.1 Å². The van der Waals surface area contributed by atoms with E-state index in [0.29, 0.717) is 19.1 Å². The number of likely N-dealkylation sites (tertiary alicyclic amines) is 2. The van der Waals surface area contributed by atoms with E-state index < -0.39 is 12.1 Å². The maximum Gasteiger partial charge on any atom is 0.407 e. The third-order valence-electron chi connectivity index (χ3n) is 13.6. The Bertz CT molecular complexity index is 2360. The zero-order valence-electron chi connectivity index (χ0n) is 34.4. The minimum atomic E-state index is -0.674. The second-order valence-corrected chi connectivity index (χ2v) is 18.1. The van der Waals surface area contributed by atoms with Crippen LogP contribution >= 0.6 is 0 Å². The van der Waals surface area contributed by atoms with Crippen molar-refractivity contribution in [2.75, 3.05) is 26.9 Å². The van der Waals surface area contributed by atoms with Crippen LogP contribution < -0.4 is 5.32 Å². The van der Waals surface area contributed by atoms with E-state index in [1.54, 1.807) is 0 Å². The second kappa shape index (κ2) is 14.9. The molecule has 0 unspecified atom stereocenters. The fraction of sp³-hybridized carbons (Fsp3) is 0.500. The zero-order chi connectivity index (χ0) is 40.5. The van der Waals surface area contributed by atoms with Crippen LogP contribution in [0.1, 0.15) is 90.5 Å². The third-order valence-corrected chi connectivity index (χ3v) is 13.6. The number of amides is 3. The number of ether oxygens (including phenoxy) is 2. The standard InChI is InChI=1S/C46H55N7O5/c1-25(2)27(5)43(54)52-23-46(16-7-17-58-24-46)21-38(52)41-47-22-35(49-41)29-10-8-28(9-11-29)30-12-14-33-31(18-30)13-15-34-40(33)50-42(48-34)37-20-32-19-36(32)53(37)44(55)39(26(3)4)51-45(56)57-6/h8-15,18,22,25-27,32,36-39H,7,16-17,19-21,23-24H2,1-6H3,(H,47,49)(H,48,50)(H,51,56)/t27-,32-,36-,37-,38-,39-,46-/m0/s1. The highest BCUT2D eigenvalue weighted by Crippen LogP contribution is 2.54. The molecule has 58 heavy (non-hydrogen) atoms. The van der Waals surface area contributed by atoms with Crippen LogP contribution in [0.2, 0.25) is 0 Å². The van der Waals surface area contributed by atoms with Gasteiger partial charge in [0.25, 0.3) is 0 Å². The number of piperidine rings is 1. The number of nitrogens with zero attached hydrogens (tertiary/aromatic N) is 4. The summed E-state index contributed by atoms with van der Waals surface area (Å²) in [5, 5.41) is 4.92. The lowest BCUT2D eigenvalue weighted by Gasteiger charge is -2.33. The summed E-state index contributed by atoms with van der Waals surface area (Å²) < 4.78 is 10.8. The van der Waals surface area contributed by atoms with Crippen molar-refractivity contribution < 1.29 is 23.9 Å². The summed E-state index contributed by atoms with van der Waals surface area (Å²) in [7, 11) is 1.31. The molecule has 3 aliphatic heterocycles. The normalized spacial score (nSPS) is 25.2. The van der Waals surface area contributed by atoms with Gasteiger partial charge in [0.2, 0.25) is 11.8 Å². The number of nitrogens with one attached hydrogen (secondary N) is 3. The Labute approximate surface area is 339 Å². The Morgan fingerprint density at radius 3 is 2.40 bits per heavy atom. The van der Waals surface area contributed by atoms with Crippen LogP contribution in [0.4, 0.5) is 4.79 Å². The van der Waals surface area contributed by atoms with Gasteiger partial charge in [-0.05, 0) is 84.1 Å². The molecule has 3 saturated heterocycles. The van der Waals surface area contributed by atoms with Crippen molar-refractivity contribution in [2.24, 2.45) is 29.1 Å². The van der Waals surface area contributed by atoms with E-state index in [1.165, 1.54) is 7.11 Å². The summed E-state index contributed by atoms with van der Waals surface area (Å²) in [6, 6.07) is 18.4. The summed E-state index contributed by atoms with van der Waals surface area (Å²) >= 11 is 0. The van der Waals surface area contributed by atoms with Gasteiger partial charge in [-0.25, -0.2) is 14.8 Å². The third kappa shape index (κ3) is 6.82. The van der Waals surface area contributed by atoms with Crippen LogP contribution in [-0.2, 0) is 19.1 Å². The molecule has 2 aromatic heterocycles. The van der Waals surface area contributed by atoms with Crippen LogP contribution in [0.25, 0.3) is 44.2 Å². The Balaban J connectivity index is 0.938. The highest BCUT2D eigenvalue weighted by atomic mass is 16.5. The zero-order valence-corrected chi connectivity index (χ0v) is 34.4. The predicted molar refractivity (Wildman–Crippen MR) is 222 cm³/mol. The topological polar surface area (TPSA) is 146 Å². The molecule has 9 rings (SSSR count). The first kappa shape index (κ1) is 38.3. The second-order valence-electron chi connectivity index (χ2n) is 18.1. The number of methoxy groups -OCH3 is 1. The molecular formula is C46H55N7O5. The Hall–Kier alpha value is -5.23. The first-order valence-corrected chi connectivity index (χ1v) is 21.1. The molecule has 3 aromatic carbocycles. The van der Waals surface area contributed by atoms with Gasteiger partial charge in [-0.2, -0.15) is 0 Å². The van der Waals surface area contributed by atoms with Crippen molar-refractivity contribution in [3.05, 3.63) is 72.4 Å². The van der Waals surface area contributed by atoms with E-state index in [0.717, 1.165) is 94.5 Å².